The van der Waals surface area contributed by atoms with Crippen LogP contribution in [0.2, 0.25) is 0 Å². The Kier molecular flexibility index (Phi) is 12.1. The van der Waals surface area contributed by atoms with E-state index in [4.69, 9.17) is 33.2 Å². The summed E-state index contributed by atoms with van der Waals surface area (Å²) in [5, 5.41) is 25.5. The lowest BCUT2D eigenvalue weighted by Gasteiger charge is -2.53. The van der Waals surface area contributed by atoms with Gasteiger partial charge in [0.25, 0.3) is 0 Å². The summed E-state index contributed by atoms with van der Waals surface area (Å²) in [4.78, 5) is 53.6. The molecule has 0 heterocycles. The van der Waals surface area contributed by atoms with Gasteiger partial charge in [-0.2, -0.15) is 0 Å². The number of carbonyl (C=O) groups is 4. The number of hydrogen-bond donors (Lipinski definition) is 2. The Morgan fingerprint density at radius 3 is 2.38 bits per heavy atom. The third-order valence-electron chi connectivity index (χ3n) is 13.2. The van der Waals surface area contributed by atoms with Gasteiger partial charge >= 0.3 is 17.9 Å². The van der Waals surface area contributed by atoms with Crippen LogP contribution < -0.4 is 9.47 Å². The first-order valence-electron chi connectivity index (χ1n) is 19.8. The van der Waals surface area contributed by atoms with Gasteiger partial charge in [-0.1, -0.05) is 58.3 Å². The Morgan fingerprint density at radius 2 is 1.70 bits per heavy atom. The molecule has 0 spiro atoms. The third kappa shape index (κ3) is 7.40. The van der Waals surface area contributed by atoms with Crippen molar-refractivity contribution >= 4 is 23.7 Å². The largest absolute Gasteiger partial charge is 0.493 e. The van der Waals surface area contributed by atoms with Crippen LogP contribution in [0, 0.1) is 35.0 Å². The van der Waals surface area contributed by atoms with Gasteiger partial charge in [0, 0.05) is 56.0 Å². The lowest BCUT2D eigenvalue weighted by atomic mass is 9.59. The van der Waals surface area contributed by atoms with Crippen LogP contribution in [0.3, 0.4) is 0 Å². The molecular weight excluding hydrogens is 724 g/mol. The number of rotatable bonds is 15. The Morgan fingerprint density at radius 1 is 0.964 bits per heavy atom. The molecule has 0 unspecified atom stereocenters. The van der Waals surface area contributed by atoms with Gasteiger partial charge < -0.3 is 43.4 Å². The monoisotopic (exact) mass is 782 g/mol. The molecule has 13 heteroatoms. The van der Waals surface area contributed by atoms with Gasteiger partial charge in [0.1, 0.15) is 18.3 Å². The highest BCUT2D eigenvalue weighted by Crippen LogP contribution is 2.77. The highest BCUT2D eigenvalue weighted by molar-refractivity contribution is 6.05. The highest BCUT2D eigenvalue weighted by atomic mass is 16.7. The van der Waals surface area contributed by atoms with Gasteiger partial charge in [0.05, 0.1) is 32.3 Å². The van der Waals surface area contributed by atoms with Crippen molar-refractivity contribution in [2.75, 3.05) is 40.8 Å². The number of ether oxygens (including phenoxy) is 7. The quantitative estimate of drug-likeness (QED) is 0.0816. The fourth-order valence-corrected chi connectivity index (χ4v) is 10.5. The summed E-state index contributed by atoms with van der Waals surface area (Å²) in [6.07, 6.45) is 7.40. The van der Waals surface area contributed by atoms with E-state index >= 15 is 0 Å². The summed E-state index contributed by atoms with van der Waals surface area (Å²) in [7, 11) is 3.06. The van der Waals surface area contributed by atoms with Crippen molar-refractivity contribution in [3.8, 4) is 11.5 Å². The van der Waals surface area contributed by atoms with E-state index < -0.39 is 75.7 Å². The van der Waals surface area contributed by atoms with Crippen molar-refractivity contribution in [3.63, 3.8) is 0 Å². The van der Waals surface area contributed by atoms with Crippen LogP contribution in [0.4, 0.5) is 0 Å². The zero-order valence-corrected chi connectivity index (χ0v) is 33.7. The number of ketones is 1. The van der Waals surface area contributed by atoms with E-state index in [1.54, 1.807) is 51.3 Å². The van der Waals surface area contributed by atoms with E-state index in [9.17, 15) is 29.4 Å². The number of aliphatic hydroxyl groups is 2. The smallest absolute Gasteiger partial charge is 0.310 e. The molecule has 5 aliphatic rings. The maximum Gasteiger partial charge on any atom is 0.310 e. The summed E-state index contributed by atoms with van der Waals surface area (Å²) >= 11 is 0. The molecule has 0 saturated heterocycles. The molecule has 1 aromatic rings. The predicted octanol–water partition coefficient (Wildman–Crippen LogP) is 4.82. The molecule has 0 radical (unpaired) electrons. The van der Waals surface area contributed by atoms with Gasteiger partial charge in [-0.3, -0.25) is 19.2 Å². The standard InChI is InChI=1S/C43H58O13/c1-25-17-34-41(48,38(25)47)22-30(23-53-35(45)21-29-13-14-32(33(19-29)51-7)54-24-52-16-15-50-6)18-31-37-40(4,5)43(37,56-27(3)44)39(26(2)42(31,34)49)55-36(46)20-28-11-9-8-10-12-28/h13-14,17-19,26,28,31,34,37,39,48-49H,8-12,15-16,20-24H2,1-7H3/t26-,31+,34-,37-,39-,41-,42-,43-/m1/s1. The van der Waals surface area contributed by atoms with Crippen LogP contribution in [0.15, 0.2) is 41.5 Å². The second-order valence-electron chi connectivity index (χ2n) is 17.0. The molecule has 13 nitrogen and oxygen atoms in total. The minimum Gasteiger partial charge on any atom is -0.493 e. The van der Waals surface area contributed by atoms with Gasteiger partial charge in [-0.15, -0.1) is 0 Å². The Labute approximate surface area is 329 Å². The van der Waals surface area contributed by atoms with E-state index in [1.807, 2.05) is 13.8 Å². The first-order chi connectivity index (χ1) is 26.5. The first kappa shape index (κ1) is 41.8. The maximum absolute atomic E-state index is 13.8. The molecule has 0 bridgehead atoms. The molecule has 56 heavy (non-hydrogen) atoms. The van der Waals surface area contributed by atoms with Crippen LogP contribution in [0.5, 0.6) is 11.5 Å². The Bertz CT molecular complexity index is 1740. The minimum atomic E-state index is -2.06. The lowest BCUT2D eigenvalue weighted by molar-refractivity contribution is -0.228. The summed E-state index contributed by atoms with van der Waals surface area (Å²) < 4.78 is 39.8. The predicted molar refractivity (Wildman–Crippen MR) is 201 cm³/mol. The number of hydrogen-bond acceptors (Lipinski definition) is 13. The van der Waals surface area contributed by atoms with Crippen molar-refractivity contribution in [3.05, 3.63) is 47.1 Å². The summed E-state index contributed by atoms with van der Waals surface area (Å²) in [6.45, 7) is 9.03. The molecule has 5 aliphatic carbocycles. The van der Waals surface area contributed by atoms with E-state index in [0.29, 0.717) is 41.4 Å². The molecule has 0 amide bonds. The van der Waals surface area contributed by atoms with E-state index in [1.165, 1.54) is 14.0 Å². The SMILES string of the molecule is COCCOCOc1ccc(CC(=O)OCC2=C[C@H]3[C@@H]4C(C)(C)[C@]4(OC(C)=O)[C@H](OC(=O)CC4CCCCC4)[C@@H](C)[C@]3(O)[C@@H]3C=C(C)C(=O)[C@@]3(O)C2)cc1OC. The Hall–Kier alpha value is -3.78. The number of benzene rings is 1. The van der Waals surface area contributed by atoms with Crippen LogP contribution in [0.1, 0.15) is 85.1 Å². The molecular formula is C43H58O13. The Balaban J connectivity index is 1.27. The minimum absolute atomic E-state index is 0.0118. The molecule has 0 aromatic heterocycles. The molecule has 8 atom stereocenters. The van der Waals surface area contributed by atoms with Crippen molar-refractivity contribution in [2.24, 2.45) is 35.0 Å². The van der Waals surface area contributed by atoms with Crippen LogP contribution in [-0.4, -0.2) is 97.6 Å². The van der Waals surface area contributed by atoms with Gasteiger partial charge in [-0.25, -0.2) is 0 Å². The zero-order chi connectivity index (χ0) is 40.6. The number of carbonyl (C=O) groups excluding carboxylic acids is 4. The molecule has 3 fully saturated rings. The molecule has 1 aromatic carbocycles. The molecule has 308 valence electrons. The van der Waals surface area contributed by atoms with E-state index in [2.05, 4.69) is 0 Å². The topological polar surface area (TPSA) is 173 Å². The van der Waals surface area contributed by atoms with Crippen molar-refractivity contribution in [2.45, 2.75) is 109 Å². The van der Waals surface area contributed by atoms with Gasteiger partial charge in [0.2, 0.25) is 0 Å². The van der Waals surface area contributed by atoms with E-state index in [-0.39, 0.29) is 38.6 Å². The van der Waals surface area contributed by atoms with Crippen molar-refractivity contribution in [1.29, 1.82) is 0 Å². The van der Waals surface area contributed by atoms with Crippen molar-refractivity contribution < 1.29 is 62.5 Å². The zero-order valence-electron chi connectivity index (χ0n) is 33.7. The van der Waals surface area contributed by atoms with Gasteiger partial charge in [0.15, 0.2) is 29.7 Å². The van der Waals surface area contributed by atoms with Gasteiger partial charge in [-0.05, 0) is 54.5 Å². The summed E-state index contributed by atoms with van der Waals surface area (Å²) in [5.41, 5.74) is -4.61. The molecule has 2 N–H and O–H groups in total. The number of Topliss-reactive ketones (excluding diaryl/α,β-unsaturated/α-hetero) is 1. The van der Waals surface area contributed by atoms with Crippen LogP contribution in [-0.2, 0) is 49.3 Å². The maximum atomic E-state index is 13.8. The summed E-state index contributed by atoms with van der Waals surface area (Å²) in [6, 6.07) is 5.05. The number of methoxy groups -OCH3 is 2. The second kappa shape index (κ2) is 16.2. The number of esters is 3. The third-order valence-corrected chi connectivity index (χ3v) is 13.2. The summed E-state index contributed by atoms with van der Waals surface area (Å²) in [5.74, 6) is -4.35. The average molecular weight is 783 g/mol. The molecule has 0 aliphatic heterocycles. The number of fused-ring (bicyclic) bond motifs is 5. The fraction of sp³-hybridized carbons (Fsp3) is 0.674. The second-order valence-corrected chi connectivity index (χ2v) is 17.0. The van der Waals surface area contributed by atoms with Crippen LogP contribution in [0.25, 0.3) is 0 Å². The highest BCUT2D eigenvalue weighted by Gasteiger charge is 2.87. The normalized spacial score (nSPS) is 33.1. The first-order valence-corrected chi connectivity index (χ1v) is 19.8. The lowest BCUT2D eigenvalue weighted by Crippen LogP contribution is -2.66. The van der Waals surface area contributed by atoms with E-state index in [0.717, 1.165) is 32.1 Å². The fourth-order valence-electron chi connectivity index (χ4n) is 10.5. The van der Waals surface area contributed by atoms with Crippen LogP contribution >= 0.6 is 0 Å². The molecule has 6 rings (SSSR count). The average Bonchev–Trinajstić information content (AvgIpc) is 3.57. The molecule has 3 saturated carbocycles. The van der Waals surface area contributed by atoms with Crippen molar-refractivity contribution in [1.82, 2.24) is 0 Å².